The van der Waals surface area contributed by atoms with Gasteiger partial charge in [0.15, 0.2) is 0 Å². The van der Waals surface area contributed by atoms with Crippen molar-refractivity contribution in [3.63, 3.8) is 0 Å². The summed E-state index contributed by atoms with van der Waals surface area (Å²) in [6, 6.07) is 4.43. The number of hydrogen-bond donors (Lipinski definition) is 1. The van der Waals surface area contributed by atoms with Gasteiger partial charge in [-0.1, -0.05) is 6.92 Å². The lowest BCUT2D eigenvalue weighted by atomic mass is 10.3. The van der Waals surface area contributed by atoms with Gasteiger partial charge in [0.25, 0.3) is 0 Å². The highest BCUT2D eigenvalue weighted by Crippen LogP contribution is 2.26. The topological polar surface area (TPSA) is 21.3 Å². The van der Waals surface area contributed by atoms with Crippen LogP contribution in [0.25, 0.3) is 0 Å². The van der Waals surface area contributed by atoms with Crippen molar-refractivity contribution >= 4 is 15.9 Å². The highest BCUT2D eigenvalue weighted by atomic mass is 79.9. The van der Waals surface area contributed by atoms with Crippen molar-refractivity contribution in [3.05, 3.63) is 28.5 Å². The van der Waals surface area contributed by atoms with Crippen LogP contribution < -0.4 is 10.1 Å². The molecule has 1 aromatic rings. The van der Waals surface area contributed by atoms with Gasteiger partial charge in [-0.25, -0.2) is 4.39 Å². The SMILES string of the molecule is CCCNCC(C)Oc1ccc(F)cc1Br. The Kier molecular flexibility index (Phi) is 5.77. The first-order valence-corrected chi connectivity index (χ1v) is 6.25. The van der Waals surface area contributed by atoms with Crippen molar-refractivity contribution in [2.45, 2.75) is 26.4 Å². The Labute approximate surface area is 104 Å². The summed E-state index contributed by atoms with van der Waals surface area (Å²) >= 11 is 3.27. The molecule has 90 valence electrons. The fourth-order valence-electron chi connectivity index (χ4n) is 1.31. The molecule has 0 heterocycles. The molecular weight excluding hydrogens is 273 g/mol. The molecule has 2 nitrogen and oxygen atoms in total. The van der Waals surface area contributed by atoms with Crippen molar-refractivity contribution in [1.29, 1.82) is 0 Å². The minimum Gasteiger partial charge on any atom is -0.488 e. The average Bonchev–Trinajstić information content (AvgIpc) is 2.23. The minimum atomic E-state index is -0.268. The molecular formula is C12H17BrFNO. The highest BCUT2D eigenvalue weighted by Gasteiger charge is 2.07. The Morgan fingerprint density at radius 2 is 2.25 bits per heavy atom. The molecule has 1 rings (SSSR count). The molecule has 0 aliphatic carbocycles. The number of ether oxygens (including phenoxy) is 1. The van der Waals surface area contributed by atoms with Gasteiger partial charge in [0.2, 0.25) is 0 Å². The summed E-state index contributed by atoms with van der Waals surface area (Å²) in [6.45, 7) is 5.88. The summed E-state index contributed by atoms with van der Waals surface area (Å²) in [5.41, 5.74) is 0. The molecule has 0 aliphatic rings. The Morgan fingerprint density at radius 1 is 1.50 bits per heavy atom. The van der Waals surface area contributed by atoms with E-state index in [-0.39, 0.29) is 11.9 Å². The van der Waals surface area contributed by atoms with Gasteiger partial charge in [0.1, 0.15) is 17.7 Å². The summed E-state index contributed by atoms with van der Waals surface area (Å²) in [5, 5.41) is 3.27. The van der Waals surface area contributed by atoms with Gasteiger partial charge in [-0.3, -0.25) is 0 Å². The number of nitrogens with one attached hydrogen (secondary N) is 1. The first-order chi connectivity index (χ1) is 7.63. The van der Waals surface area contributed by atoms with Crippen LogP contribution in [0.15, 0.2) is 22.7 Å². The molecule has 0 aromatic heterocycles. The van der Waals surface area contributed by atoms with Crippen LogP contribution in [0.4, 0.5) is 4.39 Å². The van der Waals surface area contributed by atoms with Crippen LogP contribution in [0.1, 0.15) is 20.3 Å². The third kappa shape index (κ3) is 4.49. The third-order valence-electron chi connectivity index (χ3n) is 2.08. The molecule has 0 fully saturated rings. The molecule has 1 aromatic carbocycles. The van der Waals surface area contributed by atoms with E-state index < -0.39 is 0 Å². The zero-order valence-electron chi connectivity index (χ0n) is 9.59. The number of benzene rings is 1. The summed E-state index contributed by atoms with van der Waals surface area (Å²) in [5.74, 6) is 0.406. The fourth-order valence-corrected chi connectivity index (χ4v) is 1.76. The van der Waals surface area contributed by atoms with Gasteiger partial charge in [-0.15, -0.1) is 0 Å². The Hall–Kier alpha value is -0.610. The zero-order valence-corrected chi connectivity index (χ0v) is 11.2. The van der Waals surface area contributed by atoms with Crippen LogP contribution in [0.2, 0.25) is 0 Å². The van der Waals surface area contributed by atoms with E-state index >= 15 is 0 Å². The quantitative estimate of drug-likeness (QED) is 0.811. The summed E-state index contributed by atoms with van der Waals surface area (Å²) in [4.78, 5) is 0. The summed E-state index contributed by atoms with van der Waals surface area (Å²) < 4.78 is 19.2. The maximum absolute atomic E-state index is 12.8. The lowest BCUT2D eigenvalue weighted by molar-refractivity contribution is 0.216. The minimum absolute atomic E-state index is 0.0633. The fraction of sp³-hybridized carbons (Fsp3) is 0.500. The molecule has 1 atom stereocenters. The zero-order chi connectivity index (χ0) is 12.0. The van der Waals surface area contributed by atoms with E-state index in [1.165, 1.54) is 12.1 Å². The second-order valence-corrected chi connectivity index (χ2v) is 4.56. The molecule has 0 saturated heterocycles. The monoisotopic (exact) mass is 289 g/mol. The lowest BCUT2D eigenvalue weighted by Gasteiger charge is -2.16. The van der Waals surface area contributed by atoms with Gasteiger partial charge in [-0.05, 0) is 54.0 Å². The first-order valence-electron chi connectivity index (χ1n) is 5.46. The number of halogens is 2. The van der Waals surface area contributed by atoms with E-state index in [2.05, 4.69) is 28.2 Å². The van der Waals surface area contributed by atoms with E-state index in [9.17, 15) is 4.39 Å². The molecule has 0 amide bonds. The van der Waals surface area contributed by atoms with Crippen LogP contribution in [-0.4, -0.2) is 19.2 Å². The normalized spacial score (nSPS) is 12.5. The van der Waals surface area contributed by atoms with Crippen molar-refractivity contribution in [1.82, 2.24) is 5.32 Å². The van der Waals surface area contributed by atoms with Crippen molar-refractivity contribution in [3.8, 4) is 5.75 Å². The Bertz CT molecular complexity index is 333. The van der Waals surface area contributed by atoms with E-state index in [4.69, 9.17) is 4.74 Å². The van der Waals surface area contributed by atoms with Crippen molar-refractivity contribution in [2.75, 3.05) is 13.1 Å². The van der Waals surface area contributed by atoms with Crippen LogP contribution in [0.3, 0.4) is 0 Å². The summed E-state index contributed by atoms with van der Waals surface area (Å²) in [7, 11) is 0. The van der Waals surface area contributed by atoms with E-state index in [1.807, 2.05) is 6.92 Å². The molecule has 0 saturated carbocycles. The largest absolute Gasteiger partial charge is 0.488 e. The van der Waals surface area contributed by atoms with E-state index in [1.54, 1.807) is 6.07 Å². The molecule has 1 unspecified atom stereocenters. The van der Waals surface area contributed by atoms with Crippen LogP contribution in [0.5, 0.6) is 5.75 Å². The predicted octanol–water partition coefficient (Wildman–Crippen LogP) is 3.36. The van der Waals surface area contributed by atoms with Gasteiger partial charge < -0.3 is 10.1 Å². The van der Waals surface area contributed by atoms with Gasteiger partial charge in [0, 0.05) is 6.54 Å². The Morgan fingerprint density at radius 3 is 2.88 bits per heavy atom. The molecule has 16 heavy (non-hydrogen) atoms. The van der Waals surface area contributed by atoms with E-state index in [0.29, 0.717) is 10.2 Å². The van der Waals surface area contributed by atoms with Gasteiger partial charge in [0.05, 0.1) is 4.47 Å². The van der Waals surface area contributed by atoms with E-state index in [0.717, 1.165) is 19.5 Å². The van der Waals surface area contributed by atoms with Crippen molar-refractivity contribution in [2.24, 2.45) is 0 Å². The van der Waals surface area contributed by atoms with Crippen LogP contribution >= 0.6 is 15.9 Å². The molecule has 0 spiro atoms. The number of hydrogen-bond acceptors (Lipinski definition) is 2. The van der Waals surface area contributed by atoms with Crippen LogP contribution in [0, 0.1) is 5.82 Å². The maximum atomic E-state index is 12.8. The Balaban J connectivity index is 2.46. The molecule has 4 heteroatoms. The standard InChI is InChI=1S/C12H17BrFNO/c1-3-6-15-8-9(2)16-12-5-4-10(14)7-11(12)13/h4-5,7,9,15H,3,6,8H2,1-2H3. The molecule has 0 aliphatic heterocycles. The van der Waals surface area contributed by atoms with Crippen LogP contribution in [-0.2, 0) is 0 Å². The second kappa shape index (κ2) is 6.86. The lowest BCUT2D eigenvalue weighted by Crippen LogP contribution is -2.29. The first kappa shape index (κ1) is 13.5. The second-order valence-electron chi connectivity index (χ2n) is 3.71. The number of rotatable bonds is 6. The molecule has 0 radical (unpaired) electrons. The average molecular weight is 290 g/mol. The van der Waals surface area contributed by atoms with Gasteiger partial charge in [-0.2, -0.15) is 0 Å². The smallest absolute Gasteiger partial charge is 0.134 e. The highest BCUT2D eigenvalue weighted by molar-refractivity contribution is 9.10. The predicted molar refractivity (Wildman–Crippen MR) is 67.4 cm³/mol. The molecule has 1 N–H and O–H groups in total. The van der Waals surface area contributed by atoms with Gasteiger partial charge >= 0.3 is 0 Å². The third-order valence-corrected chi connectivity index (χ3v) is 2.70. The molecule has 0 bridgehead atoms. The maximum Gasteiger partial charge on any atom is 0.134 e. The van der Waals surface area contributed by atoms with Crippen molar-refractivity contribution < 1.29 is 9.13 Å². The summed E-state index contributed by atoms with van der Waals surface area (Å²) in [6.07, 6.45) is 1.17.